The van der Waals surface area contributed by atoms with E-state index in [2.05, 4.69) is 256 Å². The van der Waals surface area contributed by atoms with Crippen LogP contribution in [-0.2, 0) is 0 Å². The molecule has 2 heterocycles. The molecule has 4 heteroatoms. The number of hydrogen-bond donors (Lipinski definition) is 0. The summed E-state index contributed by atoms with van der Waals surface area (Å²) in [6.07, 6.45) is 0. The first-order chi connectivity index (χ1) is 35.4. The number of rotatable bonds is 9. The molecule has 0 saturated carbocycles. The number of fused-ring (bicyclic) bond motifs is 7. The lowest BCUT2D eigenvalue weighted by atomic mass is 9.84. The van der Waals surface area contributed by atoms with E-state index in [-0.39, 0.29) is 11.8 Å². The van der Waals surface area contributed by atoms with E-state index in [4.69, 9.17) is 8.83 Å². The summed E-state index contributed by atoms with van der Waals surface area (Å²) >= 11 is 0. The zero-order valence-electron chi connectivity index (χ0n) is 40.7. The van der Waals surface area contributed by atoms with Gasteiger partial charge in [0.05, 0.1) is 34.1 Å². The summed E-state index contributed by atoms with van der Waals surface area (Å²) in [4.78, 5) is 4.97. The average Bonchev–Trinajstić information content (AvgIpc) is 4.01. The summed E-state index contributed by atoms with van der Waals surface area (Å²) in [5.41, 5.74) is 14.7. The van der Waals surface area contributed by atoms with E-state index in [0.29, 0.717) is 0 Å². The Labute approximate surface area is 417 Å². The van der Waals surface area contributed by atoms with Gasteiger partial charge >= 0.3 is 0 Å². The lowest BCUT2D eigenvalue weighted by molar-refractivity contribution is 0.669. The highest BCUT2D eigenvalue weighted by atomic mass is 16.3. The Bertz CT molecular complexity index is 4420. The monoisotopic (exact) mass is 926 g/mol. The van der Waals surface area contributed by atoms with Crippen molar-refractivity contribution < 1.29 is 8.83 Å². The lowest BCUT2D eigenvalue weighted by Gasteiger charge is -2.32. The van der Waals surface area contributed by atoms with Gasteiger partial charge in [-0.25, -0.2) is 0 Å². The first kappa shape index (κ1) is 42.1. The topological polar surface area (TPSA) is 32.8 Å². The van der Waals surface area contributed by atoms with Gasteiger partial charge in [-0.15, -0.1) is 0 Å². The molecule has 2 aromatic heterocycles. The van der Waals surface area contributed by atoms with Crippen LogP contribution in [0.2, 0.25) is 0 Å². The quantitative estimate of drug-likeness (QED) is 0.135. The number of anilines is 6. The van der Waals surface area contributed by atoms with Gasteiger partial charge in [0.15, 0.2) is 11.2 Å². The van der Waals surface area contributed by atoms with Crippen LogP contribution in [0.5, 0.6) is 0 Å². The largest absolute Gasteiger partial charge is 0.454 e. The van der Waals surface area contributed by atoms with Gasteiger partial charge in [-0.05, 0) is 104 Å². The molecule has 72 heavy (non-hydrogen) atoms. The predicted octanol–water partition coefficient (Wildman–Crippen LogP) is 20.4. The molecular formula is C68H50N2O2. The van der Waals surface area contributed by atoms with Crippen LogP contribution < -0.4 is 9.80 Å². The molecule has 0 radical (unpaired) electrons. The normalized spacial score (nSPS) is 12.1. The molecular weight excluding hydrogens is 877 g/mol. The zero-order chi connectivity index (χ0) is 48.2. The van der Waals surface area contributed by atoms with E-state index in [1.165, 1.54) is 54.2 Å². The maximum atomic E-state index is 6.95. The number of benzene rings is 12. The second kappa shape index (κ2) is 16.4. The van der Waals surface area contributed by atoms with E-state index in [1.54, 1.807) is 0 Å². The molecule has 14 aromatic rings. The summed E-state index contributed by atoms with van der Waals surface area (Å²) in [5, 5.41) is 14.1. The molecule has 4 nitrogen and oxygen atoms in total. The van der Waals surface area contributed by atoms with Gasteiger partial charge in [-0.1, -0.05) is 198 Å². The molecule has 0 amide bonds. The highest BCUT2D eigenvalue weighted by Crippen LogP contribution is 2.54. The molecule has 0 aliphatic carbocycles. The van der Waals surface area contributed by atoms with Gasteiger partial charge in [0.25, 0.3) is 0 Å². The molecule has 0 unspecified atom stereocenters. The van der Waals surface area contributed by atoms with Gasteiger partial charge < -0.3 is 18.6 Å². The second-order valence-corrected chi connectivity index (χ2v) is 19.9. The van der Waals surface area contributed by atoms with E-state index < -0.39 is 0 Å². The van der Waals surface area contributed by atoms with Crippen LogP contribution in [0.3, 0.4) is 0 Å². The molecule has 0 N–H and O–H groups in total. The van der Waals surface area contributed by atoms with Crippen molar-refractivity contribution in [1.29, 1.82) is 0 Å². The highest BCUT2D eigenvalue weighted by Gasteiger charge is 2.30. The van der Waals surface area contributed by atoms with Crippen LogP contribution in [0, 0.1) is 0 Å². The predicted molar refractivity (Wildman–Crippen MR) is 305 cm³/mol. The maximum absolute atomic E-state index is 6.95. The number of nitrogens with zero attached hydrogens (tertiary/aromatic N) is 2. The fourth-order valence-electron chi connectivity index (χ4n) is 11.9. The molecule has 0 aliphatic rings. The number of furan rings is 2. The molecule has 14 rings (SSSR count). The Morgan fingerprint density at radius 1 is 0.306 bits per heavy atom. The molecule has 0 fully saturated rings. The van der Waals surface area contributed by atoms with Crippen molar-refractivity contribution in [3.63, 3.8) is 0 Å². The van der Waals surface area contributed by atoms with E-state index in [9.17, 15) is 0 Å². The fourth-order valence-corrected chi connectivity index (χ4v) is 11.9. The van der Waals surface area contributed by atoms with Gasteiger partial charge in [-0.3, -0.25) is 0 Å². The number of para-hydroxylation sites is 5. The molecule has 0 saturated heterocycles. The molecule has 0 bridgehead atoms. The first-order valence-electron chi connectivity index (χ1n) is 25.2. The van der Waals surface area contributed by atoms with Crippen LogP contribution in [0.15, 0.2) is 227 Å². The Balaban J connectivity index is 1.13. The second-order valence-electron chi connectivity index (χ2n) is 19.9. The van der Waals surface area contributed by atoms with Gasteiger partial charge in [0, 0.05) is 43.3 Å². The summed E-state index contributed by atoms with van der Waals surface area (Å²) in [7, 11) is 0. The standard InChI is InChI=1S/C68H50N2O2/c1-41(2)55-39-61(69(57-29-13-10-24-45(57)43-19-6-5-7-20-43)59-31-17-27-51-47-25-11-14-33-63(47)71-67(51)59)53-37-35-50-56(42(3)4)40-62(54-38-36-49(55)65(53)66(50)54)70(58-30-16-22-44-21-8-9-23-46(44)58)60-32-18-28-52-48-26-12-15-34-64(48)72-68(52)60/h5-42H,1-4H3. The fraction of sp³-hybridized carbons (Fsp3) is 0.0882. The Hall–Kier alpha value is -8.86. The van der Waals surface area contributed by atoms with Crippen molar-refractivity contribution in [1.82, 2.24) is 0 Å². The Morgan fingerprint density at radius 2 is 0.722 bits per heavy atom. The van der Waals surface area contributed by atoms with Crippen LogP contribution in [0.4, 0.5) is 34.1 Å². The summed E-state index contributed by atoms with van der Waals surface area (Å²) < 4.78 is 13.9. The van der Waals surface area contributed by atoms with Crippen LogP contribution in [0.25, 0.3) is 98.1 Å². The zero-order valence-corrected chi connectivity index (χ0v) is 40.7. The van der Waals surface area contributed by atoms with E-state index >= 15 is 0 Å². The van der Waals surface area contributed by atoms with Gasteiger partial charge in [-0.2, -0.15) is 0 Å². The van der Waals surface area contributed by atoms with Gasteiger partial charge in [0.2, 0.25) is 0 Å². The van der Waals surface area contributed by atoms with Crippen molar-refractivity contribution in [2.45, 2.75) is 39.5 Å². The van der Waals surface area contributed by atoms with Crippen LogP contribution in [0.1, 0.15) is 50.7 Å². The Kier molecular flexibility index (Phi) is 9.56. The lowest BCUT2D eigenvalue weighted by Crippen LogP contribution is -2.14. The first-order valence-corrected chi connectivity index (χ1v) is 25.2. The van der Waals surface area contributed by atoms with Crippen molar-refractivity contribution in [3.05, 3.63) is 230 Å². The molecule has 12 aromatic carbocycles. The molecule has 0 spiro atoms. The maximum Gasteiger partial charge on any atom is 0.159 e. The SMILES string of the molecule is CC(C)c1cc(N(c2ccccc2-c2ccccc2)c2cccc3c2oc2ccccc23)c2ccc3c(C(C)C)cc(N(c4cccc5ccccc45)c4cccc5c4oc4ccccc45)c4ccc1c2c34. The third-order valence-electron chi connectivity index (χ3n) is 15.1. The van der Waals surface area contributed by atoms with E-state index in [1.807, 2.05) is 0 Å². The van der Waals surface area contributed by atoms with Gasteiger partial charge in [0.1, 0.15) is 11.2 Å². The molecule has 0 aliphatic heterocycles. The molecule has 0 atom stereocenters. The van der Waals surface area contributed by atoms with Crippen molar-refractivity contribution in [3.8, 4) is 11.1 Å². The smallest absolute Gasteiger partial charge is 0.159 e. The average molecular weight is 927 g/mol. The van der Waals surface area contributed by atoms with Crippen molar-refractivity contribution in [2.24, 2.45) is 0 Å². The summed E-state index contributed by atoms with van der Waals surface area (Å²) in [5.74, 6) is 0.428. The minimum absolute atomic E-state index is 0.212. The minimum Gasteiger partial charge on any atom is -0.454 e. The third kappa shape index (κ3) is 6.31. The summed E-state index contributed by atoms with van der Waals surface area (Å²) in [6.45, 7) is 9.33. The number of hydrogen-bond acceptors (Lipinski definition) is 4. The van der Waals surface area contributed by atoms with Crippen molar-refractivity contribution in [2.75, 3.05) is 9.80 Å². The van der Waals surface area contributed by atoms with E-state index in [0.717, 1.165) is 89.1 Å². The third-order valence-corrected chi connectivity index (χ3v) is 15.1. The molecule has 344 valence electrons. The van der Waals surface area contributed by atoms with Crippen LogP contribution in [-0.4, -0.2) is 0 Å². The Morgan fingerprint density at radius 3 is 1.31 bits per heavy atom. The minimum atomic E-state index is 0.212. The highest BCUT2D eigenvalue weighted by molar-refractivity contribution is 6.30. The van der Waals surface area contributed by atoms with Crippen LogP contribution >= 0.6 is 0 Å². The van der Waals surface area contributed by atoms with Crippen molar-refractivity contribution >= 4 is 121 Å². The summed E-state index contributed by atoms with van der Waals surface area (Å²) in [6, 6.07) is 79.5.